The fraction of sp³-hybridized carbons (Fsp3) is 0. The van der Waals surface area contributed by atoms with Crippen LogP contribution < -0.4 is 4.90 Å². The number of oxazole rings is 1. The maximum atomic E-state index is 6.58. The number of hydrogen-bond acceptors (Lipinski definition) is 5. The van der Waals surface area contributed by atoms with Crippen molar-refractivity contribution in [1.82, 2.24) is 4.98 Å². The molecular formula is C49H28N2O3. The molecule has 0 radical (unpaired) electrons. The van der Waals surface area contributed by atoms with E-state index < -0.39 is 0 Å². The molecule has 0 saturated carbocycles. The smallest absolute Gasteiger partial charge is 0.227 e. The van der Waals surface area contributed by atoms with Gasteiger partial charge in [0.25, 0.3) is 0 Å². The van der Waals surface area contributed by atoms with E-state index in [-0.39, 0.29) is 0 Å². The molecule has 12 aromatic rings. The molecule has 0 saturated heterocycles. The van der Waals surface area contributed by atoms with Gasteiger partial charge >= 0.3 is 0 Å². The number of hydrogen-bond donors (Lipinski definition) is 0. The van der Waals surface area contributed by atoms with E-state index in [9.17, 15) is 0 Å². The first-order valence-electron chi connectivity index (χ1n) is 18.1. The van der Waals surface area contributed by atoms with Crippen LogP contribution in [0.25, 0.3) is 98.7 Å². The molecule has 12 rings (SSSR count). The lowest BCUT2D eigenvalue weighted by Gasteiger charge is -2.26. The number of rotatable bonds is 4. The van der Waals surface area contributed by atoms with Gasteiger partial charge < -0.3 is 18.2 Å². The van der Waals surface area contributed by atoms with Gasteiger partial charge in [-0.15, -0.1) is 0 Å². The Morgan fingerprint density at radius 1 is 0.370 bits per heavy atom. The van der Waals surface area contributed by atoms with Crippen molar-refractivity contribution >= 4 is 104 Å². The third-order valence-electron chi connectivity index (χ3n) is 10.8. The zero-order chi connectivity index (χ0) is 35.3. The molecule has 0 aliphatic heterocycles. The highest BCUT2D eigenvalue weighted by Gasteiger charge is 2.20. The number of fused-ring (bicyclic) bond motifs is 13. The number of aromatic nitrogens is 1. The second kappa shape index (κ2) is 11.1. The zero-order valence-corrected chi connectivity index (χ0v) is 28.8. The van der Waals surface area contributed by atoms with Crippen molar-refractivity contribution < 1.29 is 13.3 Å². The predicted octanol–water partition coefficient (Wildman–Crippen LogP) is 14.2. The topological polar surface area (TPSA) is 55.6 Å². The summed E-state index contributed by atoms with van der Waals surface area (Å²) in [5.74, 6) is 0.621. The first-order chi connectivity index (χ1) is 26.7. The Morgan fingerprint density at radius 2 is 0.889 bits per heavy atom. The van der Waals surface area contributed by atoms with Gasteiger partial charge in [-0.3, -0.25) is 0 Å². The van der Waals surface area contributed by atoms with Gasteiger partial charge in [0, 0.05) is 67.1 Å². The molecule has 0 fully saturated rings. The van der Waals surface area contributed by atoms with Crippen LogP contribution in [0.2, 0.25) is 0 Å². The summed E-state index contributed by atoms with van der Waals surface area (Å²) in [5.41, 5.74) is 9.02. The van der Waals surface area contributed by atoms with E-state index in [0.29, 0.717) is 5.89 Å². The molecule has 0 bridgehead atoms. The molecule has 0 aliphatic carbocycles. The fourth-order valence-electron chi connectivity index (χ4n) is 8.33. The molecule has 0 N–H and O–H groups in total. The van der Waals surface area contributed by atoms with E-state index in [0.717, 1.165) is 110 Å². The molecule has 0 atom stereocenters. The summed E-state index contributed by atoms with van der Waals surface area (Å²) in [5, 5.41) is 11.1. The lowest BCUT2D eigenvalue weighted by atomic mass is 9.95. The normalized spacial score (nSPS) is 12.1. The van der Waals surface area contributed by atoms with E-state index in [4.69, 9.17) is 18.2 Å². The van der Waals surface area contributed by atoms with Crippen molar-refractivity contribution in [1.29, 1.82) is 0 Å². The minimum atomic E-state index is 0.621. The van der Waals surface area contributed by atoms with Gasteiger partial charge in [0.2, 0.25) is 5.89 Å². The summed E-state index contributed by atoms with van der Waals surface area (Å²) in [7, 11) is 0. The second-order valence-corrected chi connectivity index (χ2v) is 13.9. The van der Waals surface area contributed by atoms with Gasteiger partial charge in [0.1, 0.15) is 27.8 Å². The number of nitrogens with zero attached hydrogens (tertiary/aromatic N) is 2. The Bertz CT molecular complexity index is 3350. The molecule has 9 aromatic carbocycles. The lowest BCUT2D eigenvalue weighted by molar-refractivity contribution is 0.623. The first-order valence-corrected chi connectivity index (χ1v) is 18.1. The lowest BCUT2D eigenvalue weighted by Crippen LogP contribution is -2.09. The minimum Gasteiger partial charge on any atom is -0.456 e. The zero-order valence-electron chi connectivity index (χ0n) is 28.8. The molecule has 0 spiro atoms. The van der Waals surface area contributed by atoms with E-state index in [2.05, 4.69) is 120 Å². The summed E-state index contributed by atoms with van der Waals surface area (Å²) < 4.78 is 19.4. The Labute approximate surface area is 307 Å². The number of furan rings is 2. The van der Waals surface area contributed by atoms with Crippen LogP contribution in [0.4, 0.5) is 17.1 Å². The Morgan fingerprint density at radius 3 is 1.56 bits per heavy atom. The van der Waals surface area contributed by atoms with Crippen LogP contribution in [0.3, 0.4) is 0 Å². The van der Waals surface area contributed by atoms with Gasteiger partial charge in [0.15, 0.2) is 5.58 Å². The summed E-state index contributed by atoms with van der Waals surface area (Å²) in [6, 6.07) is 59.2. The largest absolute Gasteiger partial charge is 0.456 e. The third-order valence-corrected chi connectivity index (χ3v) is 10.8. The van der Waals surface area contributed by atoms with Gasteiger partial charge in [-0.1, -0.05) is 91.0 Å². The molecule has 0 amide bonds. The molecule has 0 unspecified atom stereocenters. The summed E-state index contributed by atoms with van der Waals surface area (Å²) >= 11 is 0. The second-order valence-electron chi connectivity index (χ2n) is 13.9. The molecule has 54 heavy (non-hydrogen) atoms. The first kappa shape index (κ1) is 29.2. The van der Waals surface area contributed by atoms with Gasteiger partial charge in [-0.25, -0.2) is 4.98 Å². The Kier molecular flexibility index (Phi) is 5.99. The standard InChI is InChI=1S/C49H28N2O3/c1-2-8-31(9-3-1)49-50-41-25-18-30-15-14-29-16-17-32-26-33(19-22-36(32)46(29)47(30)48(41)54-49)51(34-20-23-39-37-10-4-6-12-42(37)52-44(39)27-34)35-21-24-40-38-11-5-7-13-43(38)53-45(40)28-35/h1-28H. The number of anilines is 3. The molecule has 252 valence electrons. The van der Waals surface area contributed by atoms with Crippen LogP contribution in [0.1, 0.15) is 0 Å². The highest BCUT2D eigenvalue weighted by molar-refractivity contribution is 6.26. The van der Waals surface area contributed by atoms with E-state index in [1.54, 1.807) is 0 Å². The predicted molar refractivity (Wildman–Crippen MR) is 221 cm³/mol. The van der Waals surface area contributed by atoms with Crippen LogP contribution in [0, 0.1) is 0 Å². The van der Waals surface area contributed by atoms with Gasteiger partial charge in [0.05, 0.1) is 0 Å². The molecule has 5 nitrogen and oxygen atoms in total. The Hall–Kier alpha value is -7.37. The highest BCUT2D eigenvalue weighted by Crippen LogP contribution is 2.44. The minimum absolute atomic E-state index is 0.621. The summed E-state index contributed by atoms with van der Waals surface area (Å²) in [4.78, 5) is 7.19. The van der Waals surface area contributed by atoms with Gasteiger partial charge in [-0.2, -0.15) is 0 Å². The van der Waals surface area contributed by atoms with E-state index in [1.165, 1.54) is 0 Å². The monoisotopic (exact) mass is 692 g/mol. The van der Waals surface area contributed by atoms with Crippen LogP contribution in [-0.2, 0) is 0 Å². The average molecular weight is 693 g/mol. The van der Waals surface area contributed by atoms with Crippen molar-refractivity contribution in [2.75, 3.05) is 4.90 Å². The van der Waals surface area contributed by atoms with Crippen LogP contribution in [-0.4, -0.2) is 4.98 Å². The molecule has 3 heterocycles. The maximum Gasteiger partial charge on any atom is 0.227 e. The SMILES string of the molecule is c1ccc(-c2nc3ccc4ccc5ccc6cc(N(c7ccc8c(c7)oc7ccccc78)c7ccc8c(c7)oc7ccccc78)ccc6c5c4c3o2)cc1. The maximum absolute atomic E-state index is 6.58. The number of benzene rings is 9. The van der Waals surface area contributed by atoms with Crippen molar-refractivity contribution in [2.45, 2.75) is 0 Å². The average Bonchev–Trinajstić information content (AvgIpc) is 3.94. The highest BCUT2D eigenvalue weighted by atomic mass is 16.3. The van der Waals surface area contributed by atoms with Crippen molar-refractivity contribution in [3.05, 3.63) is 170 Å². The summed E-state index contributed by atoms with van der Waals surface area (Å²) in [6.07, 6.45) is 0. The molecule has 5 heteroatoms. The molecule has 0 aliphatic rings. The summed E-state index contributed by atoms with van der Waals surface area (Å²) in [6.45, 7) is 0. The third kappa shape index (κ3) is 4.30. The van der Waals surface area contributed by atoms with Crippen molar-refractivity contribution in [2.24, 2.45) is 0 Å². The van der Waals surface area contributed by atoms with E-state index >= 15 is 0 Å². The van der Waals surface area contributed by atoms with Gasteiger partial charge in [-0.05, 0) is 88.3 Å². The van der Waals surface area contributed by atoms with Crippen LogP contribution in [0.5, 0.6) is 0 Å². The van der Waals surface area contributed by atoms with Crippen molar-refractivity contribution in [3.8, 4) is 11.5 Å². The number of para-hydroxylation sites is 2. The fourth-order valence-corrected chi connectivity index (χ4v) is 8.33. The Balaban J connectivity index is 1.08. The van der Waals surface area contributed by atoms with Crippen LogP contribution >= 0.6 is 0 Å². The van der Waals surface area contributed by atoms with Crippen molar-refractivity contribution in [3.63, 3.8) is 0 Å². The molecule has 3 aromatic heterocycles. The quantitative estimate of drug-likeness (QED) is 0.172. The van der Waals surface area contributed by atoms with E-state index in [1.807, 2.05) is 54.6 Å². The van der Waals surface area contributed by atoms with Crippen LogP contribution in [0.15, 0.2) is 183 Å². The molecular weight excluding hydrogens is 665 g/mol.